The van der Waals surface area contributed by atoms with Crippen molar-refractivity contribution in [2.75, 3.05) is 20.1 Å². The maximum atomic E-state index is 11.6. The maximum Gasteiger partial charge on any atom is 0.328 e. The number of carboxylic acid groups (broad SMARTS) is 1. The fourth-order valence-electron chi connectivity index (χ4n) is 2.45. The van der Waals surface area contributed by atoms with E-state index in [0.717, 1.165) is 25.9 Å². The van der Waals surface area contributed by atoms with Gasteiger partial charge in [-0.15, -0.1) is 0 Å². The molecule has 0 spiro atoms. The minimum atomic E-state index is -1.01. The van der Waals surface area contributed by atoms with Gasteiger partial charge in [0.05, 0.1) is 6.54 Å². The first kappa shape index (κ1) is 15.5. The minimum absolute atomic E-state index is 0.0166. The van der Waals surface area contributed by atoms with Crippen LogP contribution in [0.2, 0.25) is 0 Å². The largest absolute Gasteiger partial charge is 0.480 e. The molecule has 0 saturated carbocycles. The van der Waals surface area contributed by atoms with Crippen molar-refractivity contribution in [2.24, 2.45) is 0 Å². The van der Waals surface area contributed by atoms with Crippen molar-refractivity contribution in [2.45, 2.75) is 31.5 Å². The van der Waals surface area contributed by atoms with Crippen LogP contribution >= 0.6 is 0 Å². The number of carbonyl (C=O) groups is 1. The Bertz CT molecular complexity index is 601. The number of hydrogen-bond donors (Lipinski definition) is 3. The van der Waals surface area contributed by atoms with Crippen LogP contribution in [0.5, 0.6) is 0 Å². The summed E-state index contributed by atoms with van der Waals surface area (Å²) in [6, 6.07) is 0.471. The van der Waals surface area contributed by atoms with Gasteiger partial charge in [0.15, 0.2) is 0 Å². The van der Waals surface area contributed by atoms with Crippen LogP contribution in [0.4, 0.5) is 0 Å². The summed E-state index contributed by atoms with van der Waals surface area (Å²) in [4.78, 5) is 38.3. The molecule has 8 heteroatoms. The third-order valence-corrected chi connectivity index (χ3v) is 3.73. The number of rotatable bonds is 5. The number of piperidine rings is 1. The first-order valence-electron chi connectivity index (χ1n) is 6.93. The molecule has 3 N–H and O–H groups in total. The highest BCUT2D eigenvalue weighted by atomic mass is 16.4. The summed E-state index contributed by atoms with van der Waals surface area (Å²) in [6.45, 7) is 1.82. The third-order valence-electron chi connectivity index (χ3n) is 3.73. The number of carboxylic acids is 1. The molecule has 0 aliphatic carbocycles. The lowest BCUT2D eigenvalue weighted by Gasteiger charge is -2.31. The summed E-state index contributed by atoms with van der Waals surface area (Å²) in [5, 5.41) is 12.4. The molecule has 116 valence electrons. The summed E-state index contributed by atoms with van der Waals surface area (Å²) >= 11 is 0. The Morgan fingerprint density at radius 2 is 2.14 bits per heavy atom. The Balaban J connectivity index is 2.04. The SMILES string of the molecule is CN1CCC(N[C@@H](Cn2ccc(=O)[nH]c2=O)C(=O)O)CC1. The molecule has 1 aromatic heterocycles. The molecule has 1 atom stereocenters. The van der Waals surface area contributed by atoms with Crippen LogP contribution in [0.3, 0.4) is 0 Å². The van der Waals surface area contributed by atoms with Crippen molar-refractivity contribution in [3.05, 3.63) is 33.1 Å². The first-order valence-corrected chi connectivity index (χ1v) is 6.93. The molecule has 1 aromatic rings. The van der Waals surface area contributed by atoms with Gasteiger partial charge >= 0.3 is 11.7 Å². The van der Waals surface area contributed by atoms with Gasteiger partial charge in [-0.1, -0.05) is 0 Å². The highest BCUT2D eigenvalue weighted by Crippen LogP contribution is 2.09. The quantitative estimate of drug-likeness (QED) is 0.622. The molecule has 8 nitrogen and oxygen atoms in total. The number of likely N-dealkylation sites (tertiary alicyclic amines) is 1. The Morgan fingerprint density at radius 1 is 1.48 bits per heavy atom. The molecule has 1 aliphatic rings. The van der Waals surface area contributed by atoms with Crippen LogP contribution in [0.1, 0.15) is 12.8 Å². The van der Waals surface area contributed by atoms with Crippen LogP contribution in [-0.2, 0) is 11.3 Å². The molecule has 0 amide bonds. The topological polar surface area (TPSA) is 107 Å². The van der Waals surface area contributed by atoms with Gasteiger partial charge in [-0.25, -0.2) is 4.79 Å². The van der Waals surface area contributed by atoms with Gasteiger partial charge in [0.25, 0.3) is 5.56 Å². The van der Waals surface area contributed by atoms with E-state index in [1.54, 1.807) is 0 Å². The van der Waals surface area contributed by atoms with Gasteiger partial charge in [0.1, 0.15) is 6.04 Å². The Morgan fingerprint density at radius 3 is 2.71 bits per heavy atom. The van der Waals surface area contributed by atoms with Gasteiger partial charge in [0.2, 0.25) is 0 Å². The average molecular weight is 296 g/mol. The molecule has 2 heterocycles. The second-order valence-electron chi connectivity index (χ2n) is 5.40. The first-order chi connectivity index (χ1) is 9.95. The van der Waals surface area contributed by atoms with Crippen molar-refractivity contribution in [1.82, 2.24) is 19.8 Å². The molecule has 2 rings (SSSR count). The molecule has 0 bridgehead atoms. The van der Waals surface area contributed by atoms with Crippen LogP contribution in [0.15, 0.2) is 21.9 Å². The molecule has 0 unspecified atom stereocenters. The molecule has 0 aromatic carbocycles. The van der Waals surface area contributed by atoms with Gasteiger partial charge in [-0.2, -0.15) is 0 Å². The average Bonchev–Trinajstić information content (AvgIpc) is 2.43. The Hall–Kier alpha value is -1.93. The number of nitrogens with one attached hydrogen (secondary N) is 2. The zero-order valence-corrected chi connectivity index (χ0v) is 11.9. The van der Waals surface area contributed by atoms with E-state index in [2.05, 4.69) is 15.2 Å². The zero-order chi connectivity index (χ0) is 15.4. The monoisotopic (exact) mass is 296 g/mol. The van der Waals surface area contributed by atoms with E-state index in [4.69, 9.17) is 0 Å². The molecular formula is C13H20N4O4. The minimum Gasteiger partial charge on any atom is -0.480 e. The second kappa shape index (κ2) is 6.68. The lowest BCUT2D eigenvalue weighted by molar-refractivity contribution is -0.140. The van der Waals surface area contributed by atoms with Gasteiger partial charge < -0.3 is 15.3 Å². The van der Waals surface area contributed by atoms with Crippen molar-refractivity contribution < 1.29 is 9.90 Å². The predicted molar refractivity (Wildman–Crippen MR) is 76.4 cm³/mol. The van der Waals surface area contributed by atoms with Crippen molar-refractivity contribution in [1.29, 1.82) is 0 Å². The molecule has 1 fully saturated rings. The van der Waals surface area contributed by atoms with Crippen LogP contribution in [0, 0.1) is 0 Å². The number of aliphatic carboxylic acids is 1. The van der Waals surface area contributed by atoms with Gasteiger partial charge in [-0.05, 0) is 33.0 Å². The Kier molecular flexibility index (Phi) is 4.92. The second-order valence-corrected chi connectivity index (χ2v) is 5.40. The zero-order valence-electron chi connectivity index (χ0n) is 11.9. The standard InChI is InChI=1S/C13H20N4O4/c1-16-5-2-9(3-6-16)14-10(12(19)20)8-17-7-4-11(18)15-13(17)21/h4,7,9-10,14H,2-3,5-6,8H2,1H3,(H,19,20)(H,15,18,21)/t10-/m0/s1. The molecular weight excluding hydrogens is 276 g/mol. The third kappa shape index (κ3) is 4.27. The van der Waals surface area contributed by atoms with Crippen LogP contribution in [-0.4, -0.2) is 57.7 Å². The van der Waals surface area contributed by atoms with E-state index in [0.29, 0.717) is 0 Å². The fraction of sp³-hybridized carbons (Fsp3) is 0.615. The normalized spacial score (nSPS) is 18.5. The Labute approximate surface area is 121 Å². The highest BCUT2D eigenvalue weighted by molar-refractivity contribution is 5.73. The van der Waals surface area contributed by atoms with Crippen molar-refractivity contribution >= 4 is 5.97 Å². The highest BCUT2D eigenvalue weighted by Gasteiger charge is 2.24. The molecule has 1 aliphatic heterocycles. The fourth-order valence-corrected chi connectivity index (χ4v) is 2.45. The summed E-state index contributed by atoms with van der Waals surface area (Å²) in [7, 11) is 2.03. The van der Waals surface area contributed by atoms with E-state index >= 15 is 0 Å². The lowest BCUT2D eigenvalue weighted by atomic mass is 10.0. The van der Waals surface area contributed by atoms with E-state index in [-0.39, 0.29) is 12.6 Å². The summed E-state index contributed by atoms with van der Waals surface area (Å²) in [6.07, 6.45) is 3.06. The van der Waals surface area contributed by atoms with Crippen LogP contribution in [0.25, 0.3) is 0 Å². The van der Waals surface area contributed by atoms with Crippen molar-refractivity contribution in [3.63, 3.8) is 0 Å². The van der Waals surface area contributed by atoms with Gasteiger partial charge in [-0.3, -0.25) is 19.1 Å². The number of H-pyrrole nitrogens is 1. The molecule has 1 saturated heterocycles. The molecule has 0 radical (unpaired) electrons. The van der Waals surface area contributed by atoms with Crippen molar-refractivity contribution in [3.8, 4) is 0 Å². The van der Waals surface area contributed by atoms with E-state index in [9.17, 15) is 19.5 Å². The van der Waals surface area contributed by atoms with E-state index in [1.165, 1.54) is 16.8 Å². The maximum absolute atomic E-state index is 11.6. The number of aromatic nitrogens is 2. The lowest BCUT2D eigenvalue weighted by Crippen LogP contribution is -2.50. The van der Waals surface area contributed by atoms with E-state index in [1.807, 2.05) is 7.05 Å². The number of aromatic amines is 1. The summed E-state index contributed by atoms with van der Waals surface area (Å²) in [5.74, 6) is -1.01. The smallest absolute Gasteiger partial charge is 0.328 e. The predicted octanol–water partition coefficient (Wildman–Crippen LogP) is -1.33. The van der Waals surface area contributed by atoms with E-state index < -0.39 is 23.3 Å². The molecule has 21 heavy (non-hydrogen) atoms. The van der Waals surface area contributed by atoms with Crippen LogP contribution < -0.4 is 16.6 Å². The number of nitrogens with zero attached hydrogens (tertiary/aromatic N) is 2. The van der Waals surface area contributed by atoms with Gasteiger partial charge in [0, 0.05) is 18.3 Å². The number of hydrogen-bond acceptors (Lipinski definition) is 5. The summed E-state index contributed by atoms with van der Waals surface area (Å²) < 4.78 is 1.20. The summed E-state index contributed by atoms with van der Waals surface area (Å²) in [5.41, 5.74) is -1.09.